The standard InChI is InChI=1S/C13H20ClNO/c1-10(2)7-13(5-6-13)9-15-8-11-3-4-12(14)16-11/h3-4,10,15H,5-9H2,1-2H3. The molecule has 0 bridgehead atoms. The fourth-order valence-corrected chi connectivity index (χ4v) is 2.56. The second kappa shape index (κ2) is 4.80. The summed E-state index contributed by atoms with van der Waals surface area (Å²) in [5, 5.41) is 3.94. The fourth-order valence-electron chi connectivity index (χ4n) is 2.39. The number of halogens is 1. The summed E-state index contributed by atoms with van der Waals surface area (Å²) in [7, 11) is 0. The summed E-state index contributed by atoms with van der Waals surface area (Å²) in [6.07, 6.45) is 4.08. The first-order chi connectivity index (χ1) is 7.60. The Morgan fingerprint density at radius 2 is 2.19 bits per heavy atom. The average Bonchev–Trinajstić information content (AvgIpc) is 2.80. The van der Waals surface area contributed by atoms with Crippen molar-refractivity contribution in [1.29, 1.82) is 0 Å². The molecule has 1 aliphatic rings. The molecule has 90 valence electrons. The summed E-state index contributed by atoms with van der Waals surface area (Å²) < 4.78 is 5.30. The third kappa shape index (κ3) is 3.26. The molecule has 1 saturated carbocycles. The highest BCUT2D eigenvalue weighted by molar-refractivity contribution is 6.28. The molecule has 0 saturated heterocycles. The van der Waals surface area contributed by atoms with Crippen LogP contribution in [0.4, 0.5) is 0 Å². The van der Waals surface area contributed by atoms with E-state index in [0.717, 1.165) is 24.8 Å². The molecule has 0 amide bonds. The van der Waals surface area contributed by atoms with E-state index in [9.17, 15) is 0 Å². The van der Waals surface area contributed by atoms with Crippen LogP contribution in [0.25, 0.3) is 0 Å². The van der Waals surface area contributed by atoms with Gasteiger partial charge in [0.2, 0.25) is 0 Å². The van der Waals surface area contributed by atoms with Gasteiger partial charge in [0.05, 0.1) is 6.54 Å². The lowest BCUT2D eigenvalue weighted by atomic mass is 9.94. The summed E-state index contributed by atoms with van der Waals surface area (Å²) in [4.78, 5) is 0. The first-order valence-electron chi connectivity index (χ1n) is 6.05. The van der Waals surface area contributed by atoms with Gasteiger partial charge in [-0.3, -0.25) is 0 Å². The van der Waals surface area contributed by atoms with Gasteiger partial charge in [-0.1, -0.05) is 13.8 Å². The van der Waals surface area contributed by atoms with Crippen LogP contribution in [0.1, 0.15) is 38.9 Å². The van der Waals surface area contributed by atoms with E-state index in [1.165, 1.54) is 19.3 Å². The lowest BCUT2D eigenvalue weighted by molar-refractivity contribution is 0.358. The van der Waals surface area contributed by atoms with Crippen LogP contribution in [-0.2, 0) is 6.54 Å². The van der Waals surface area contributed by atoms with Gasteiger partial charge in [0.15, 0.2) is 5.22 Å². The van der Waals surface area contributed by atoms with Crippen LogP contribution in [0, 0.1) is 11.3 Å². The zero-order valence-electron chi connectivity index (χ0n) is 10.1. The fraction of sp³-hybridized carbons (Fsp3) is 0.692. The molecule has 2 rings (SSSR count). The van der Waals surface area contributed by atoms with Crippen molar-refractivity contribution in [2.45, 2.75) is 39.7 Å². The van der Waals surface area contributed by atoms with Gasteiger partial charge in [-0.15, -0.1) is 0 Å². The van der Waals surface area contributed by atoms with Gasteiger partial charge in [-0.05, 0) is 54.3 Å². The molecule has 3 heteroatoms. The van der Waals surface area contributed by atoms with E-state index in [2.05, 4.69) is 19.2 Å². The van der Waals surface area contributed by atoms with E-state index < -0.39 is 0 Å². The summed E-state index contributed by atoms with van der Waals surface area (Å²) in [5.74, 6) is 1.72. The molecule has 16 heavy (non-hydrogen) atoms. The highest BCUT2D eigenvalue weighted by atomic mass is 35.5. The van der Waals surface area contributed by atoms with Crippen LogP contribution in [0.5, 0.6) is 0 Å². The smallest absolute Gasteiger partial charge is 0.193 e. The zero-order chi connectivity index (χ0) is 11.6. The van der Waals surface area contributed by atoms with Crippen LogP contribution >= 0.6 is 11.6 Å². The van der Waals surface area contributed by atoms with E-state index in [4.69, 9.17) is 16.0 Å². The molecule has 1 heterocycles. The van der Waals surface area contributed by atoms with Crippen molar-refractivity contribution in [3.63, 3.8) is 0 Å². The SMILES string of the molecule is CC(C)CC1(CNCc2ccc(Cl)o2)CC1. The van der Waals surface area contributed by atoms with Gasteiger partial charge in [0.1, 0.15) is 5.76 Å². The van der Waals surface area contributed by atoms with Crippen molar-refractivity contribution in [2.24, 2.45) is 11.3 Å². The predicted molar refractivity (Wildman–Crippen MR) is 66.5 cm³/mol. The molecular formula is C13H20ClNO. The van der Waals surface area contributed by atoms with Crippen molar-refractivity contribution in [3.8, 4) is 0 Å². The minimum Gasteiger partial charge on any atom is -0.448 e. The molecule has 1 fully saturated rings. The molecule has 0 unspecified atom stereocenters. The number of hydrogen-bond donors (Lipinski definition) is 1. The Morgan fingerprint density at radius 3 is 2.69 bits per heavy atom. The Kier molecular flexibility index (Phi) is 3.60. The second-order valence-corrected chi connectivity index (χ2v) is 5.78. The Morgan fingerprint density at radius 1 is 1.44 bits per heavy atom. The molecule has 1 aromatic rings. The molecule has 0 aliphatic heterocycles. The van der Waals surface area contributed by atoms with E-state index >= 15 is 0 Å². The molecule has 0 atom stereocenters. The molecular weight excluding hydrogens is 222 g/mol. The number of furan rings is 1. The maximum absolute atomic E-state index is 5.72. The van der Waals surface area contributed by atoms with Crippen molar-refractivity contribution in [1.82, 2.24) is 5.32 Å². The molecule has 1 N–H and O–H groups in total. The van der Waals surface area contributed by atoms with Crippen molar-refractivity contribution in [2.75, 3.05) is 6.54 Å². The van der Waals surface area contributed by atoms with Crippen molar-refractivity contribution < 1.29 is 4.42 Å². The van der Waals surface area contributed by atoms with Gasteiger partial charge in [-0.25, -0.2) is 0 Å². The topological polar surface area (TPSA) is 25.2 Å². The molecule has 0 aromatic carbocycles. The zero-order valence-corrected chi connectivity index (χ0v) is 10.8. The maximum Gasteiger partial charge on any atom is 0.193 e. The quantitative estimate of drug-likeness (QED) is 0.819. The minimum absolute atomic E-state index is 0.472. The summed E-state index contributed by atoms with van der Waals surface area (Å²) in [6.45, 7) is 6.48. The first kappa shape index (κ1) is 12.0. The summed E-state index contributed by atoms with van der Waals surface area (Å²) >= 11 is 5.72. The van der Waals surface area contributed by atoms with E-state index in [1.807, 2.05) is 6.07 Å². The number of hydrogen-bond acceptors (Lipinski definition) is 2. The second-order valence-electron chi connectivity index (χ2n) is 5.41. The third-order valence-electron chi connectivity index (χ3n) is 3.23. The highest BCUT2D eigenvalue weighted by Crippen LogP contribution is 2.50. The van der Waals surface area contributed by atoms with Crippen LogP contribution in [-0.4, -0.2) is 6.54 Å². The lowest BCUT2D eigenvalue weighted by Crippen LogP contribution is -2.24. The maximum atomic E-state index is 5.72. The number of nitrogens with one attached hydrogen (secondary N) is 1. The van der Waals surface area contributed by atoms with Gasteiger partial charge in [0, 0.05) is 6.54 Å². The number of rotatable bonds is 6. The third-order valence-corrected chi connectivity index (χ3v) is 3.43. The monoisotopic (exact) mass is 241 g/mol. The predicted octanol–water partition coefficient (Wildman–Crippen LogP) is 3.85. The normalized spacial score (nSPS) is 18.0. The van der Waals surface area contributed by atoms with Crippen LogP contribution in [0.2, 0.25) is 5.22 Å². The lowest BCUT2D eigenvalue weighted by Gasteiger charge is -2.17. The van der Waals surface area contributed by atoms with E-state index in [-0.39, 0.29) is 0 Å². The average molecular weight is 242 g/mol. The van der Waals surface area contributed by atoms with Gasteiger partial charge in [0.25, 0.3) is 0 Å². The van der Waals surface area contributed by atoms with Crippen LogP contribution < -0.4 is 5.32 Å². The van der Waals surface area contributed by atoms with Crippen LogP contribution in [0.3, 0.4) is 0 Å². The molecule has 0 radical (unpaired) electrons. The van der Waals surface area contributed by atoms with Gasteiger partial charge in [-0.2, -0.15) is 0 Å². The molecule has 0 spiro atoms. The summed E-state index contributed by atoms with van der Waals surface area (Å²) in [6, 6.07) is 3.72. The van der Waals surface area contributed by atoms with E-state index in [0.29, 0.717) is 10.6 Å². The van der Waals surface area contributed by atoms with Gasteiger partial charge < -0.3 is 9.73 Å². The van der Waals surface area contributed by atoms with E-state index in [1.54, 1.807) is 6.07 Å². The Bertz CT molecular complexity index is 341. The molecule has 1 aromatic heterocycles. The van der Waals surface area contributed by atoms with Crippen LogP contribution in [0.15, 0.2) is 16.5 Å². The first-order valence-corrected chi connectivity index (χ1v) is 6.42. The molecule has 2 nitrogen and oxygen atoms in total. The highest BCUT2D eigenvalue weighted by Gasteiger charge is 2.42. The molecule has 1 aliphatic carbocycles. The largest absolute Gasteiger partial charge is 0.448 e. The Hall–Kier alpha value is -0.470. The van der Waals surface area contributed by atoms with Crippen molar-refractivity contribution >= 4 is 11.6 Å². The van der Waals surface area contributed by atoms with Crippen molar-refractivity contribution in [3.05, 3.63) is 23.1 Å². The van der Waals surface area contributed by atoms with Gasteiger partial charge >= 0.3 is 0 Å². The summed E-state index contributed by atoms with van der Waals surface area (Å²) in [5.41, 5.74) is 0.574. The Labute approximate surface area is 102 Å². The Balaban J connectivity index is 1.72. The minimum atomic E-state index is 0.472.